The van der Waals surface area contributed by atoms with Gasteiger partial charge < -0.3 is 24.3 Å². The molecule has 158 valence electrons. The number of nitrogens with one attached hydrogen (secondary N) is 1. The minimum absolute atomic E-state index is 0.00903. The predicted molar refractivity (Wildman–Crippen MR) is 118 cm³/mol. The highest BCUT2D eigenvalue weighted by Gasteiger charge is 2.14. The molecule has 0 aliphatic rings. The van der Waals surface area contributed by atoms with Crippen LogP contribution < -0.4 is 14.8 Å². The number of aromatic nitrogens is 1. The number of oxazole rings is 1. The van der Waals surface area contributed by atoms with Crippen LogP contribution in [0.15, 0.2) is 65.1 Å². The molecule has 0 saturated heterocycles. The molecule has 4 aromatic rings. The fraction of sp³-hybridized carbons (Fsp3) is 0.167. The van der Waals surface area contributed by atoms with Crippen LogP contribution in [0.3, 0.4) is 0 Å². The monoisotopic (exact) mass is 418 g/mol. The van der Waals surface area contributed by atoms with Crippen molar-refractivity contribution in [1.29, 1.82) is 0 Å². The first-order valence-electron chi connectivity index (χ1n) is 9.85. The Morgan fingerprint density at radius 3 is 2.58 bits per heavy atom. The Labute approximate surface area is 179 Å². The van der Waals surface area contributed by atoms with E-state index >= 15 is 0 Å². The molecule has 0 aliphatic heterocycles. The van der Waals surface area contributed by atoms with Crippen molar-refractivity contribution in [2.24, 2.45) is 0 Å². The number of hydrogen-bond acceptors (Lipinski definition) is 6. The second-order valence-corrected chi connectivity index (χ2v) is 6.92. The highest BCUT2D eigenvalue weighted by Crippen LogP contribution is 2.33. The van der Waals surface area contributed by atoms with Crippen molar-refractivity contribution in [3.63, 3.8) is 0 Å². The maximum absolute atomic E-state index is 12.3. The summed E-state index contributed by atoms with van der Waals surface area (Å²) in [7, 11) is 1.58. The summed E-state index contributed by atoms with van der Waals surface area (Å²) < 4.78 is 16.4. The van der Waals surface area contributed by atoms with Crippen LogP contribution in [0.1, 0.15) is 12.5 Å². The maximum Gasteiger partial charge on any atom is 0.262 e. The molecule has 1 aromatic heterocycles. The first-order valence-corrected chi connectivity index (χ1v) is 9.85. The molecule has 0 spiro atoms. The number of nitrogens with zero attached hydrogens (tertiary/aromatic N) is 1. The third-order valence-electron chi connectivity index (χ3n) is 4.80. The minimum Gasteiger partial charge on any atom is -0.507 e. The molecule has 3 aromatic carbocycles. The van der Waals surface area contributed by atoms with Crippen LogP contribution in [0.4, 0.5) is 5.69 Å². The lowest BCUT2D eigenvalue weighted by Gasteiger charge is -2.09. The van der Waals surface area contributed by atoms with Crippen LogP contribution in [0.25, 0.3) is 22.6 Å². The van der Waals surface area contributed by atoms with Crippen molar-refractivity contribution >= 4 is 22.7 Å². The van der Waals surface area contributed by atoms with Gasteiger partial charge in [-0.3, -0.25) is 4.79 Å². The lowest BCUT2D eigenvalue weighted by atomic mass is 10.1. The van der Waals surface area contributed by atoms with Gasteiger partial charge >= 0.3 is 0 Å². The Morgan fingerprint density at radius 1 is 1.06 bits per heavy atom. The Bertz CT molecular complexity index is 1210. The SMILES string of the molecule is CCc1ccc2oc(-c3cc(NC(=O)COc4ccc(OC)cc4)ccc3O)nc2c1. The summed E-state index contributed by atoms with van der Waals surface area (Å²) >= 11 is 0. The van der Waals surface area contributed by atoms with E-state index in [2.05, 4.69) is 17.2 Å². The van der Waals surface area contributed by atoms with Gasteiger partial charge in [0.2, 0.25) is 5.89 Å². The van der Waals surface area contributed by atoms with E-state index in [-0.39, 0.29) is 24.2 Å². The fourth-order valence-electron chi connectivity index (χ4n) is 3.11. The van der Waals surface area contributed by atoms with Gasteiger partial charge in [0.05, 0.1) is 12.7 Å². The molecule has 0 unspecified atom stereocenters. The Kier molecular flexibility index (Phi) is 5.75. The molecule has 7 heteroatoms. The van der Waals surface area contributed by atoms with Gasteiger partial charge in [-0.25, -0.2) is 4.98 Å². The molecule has 2 N–H and O–H groups in total. The molecule has 31 heavy (non-hydrogen) atoms. The summed E-state index contributed by atoms with van der Waals surface area (Å²) in [6.45, 7) is 1.91. The highest BCUT2D eigenvalue weighted by molar-refractivity contribution is 5.93. The first-order chi connectivity index (χ1) is 15.1. The smallest absolute Gasteiger partial charge is 0.262 e. The van der Waals surface area contributed by atoms with Gasteiger partial charge in [0.15, 0.2) is 12.2 Å². The number of anilines is 1. The lowest BCUT2D eigenvalue weighted by Crippen LogP contribution is -2.20. The van der Waals surface area contributed by atoms with Gasteiger partial charge in [-0.05, 0) is 66.6 Å². The van der Waals surface area contributed by atoms with Crippen LogP contribution in [0, 0.1) is 0 Å². The zero-order valence-electron chi connectivity index (χ0n) is 17.2. The van der Waals surface area contributed by atoms with E-state index in [9.17, 15) is 9.90 Å². The molecule has 0 atom stereocenters. The van der Waals surface area contributed by atoms with Crippen molar-refractivity contribution in [2.75, 3.05) is 19.0 Å². The van der Waals surface area contributed by atoms with Crippen LogP contribution >= 0.6 is 0 Å². The molecule has 0 fully saturated rings. The Hall–Kier alpha value is -4.00. The van der Waals surface area contributed by atoms with Crippen molar-refractivity contribution in [2.45, 2.75) is 13.3 Å². The van der Waals surface area contributed by atoms with Crippen molar-refractivity contribution in [1.82, 2.24) is 4.98 Å². The van der Waals surface area contributed by atoms with E-state index in [4.69, 9.17) is 13.9 Å². The number of benzene rings is 3. The molecule has 1 amide bonds. The third-order valence-corrected chi connectivity index (χ3v) is 4.80. The van der Waals surface area contributed by atoms with E-state index in [1.165, 1.54) is 6.07 Å². The number of rotatable bonds is 7. The van der Waals surface area contributed by atoms with Gasteiger partial charge in [-0.15, -0.1) is 0 Å². The molecular formula is C24H22N2O5. The number of carbonyl (C=O) groups is 1. The summed E-state index contributed by atoms with van der Waals surface area (Å²) in [5.74, 6) is 1.22. The quantitative estimate of drug-likeness (QED) is 0.419. The number of fused-ring (bicyclic) bond motifs is 1. The topological polar surface area (TPSA) is 93.8 Å². The normalized spacial score (nSPS) is 10.8. The summed E-state index contributed by atoms with van der Waals surface area (Å²) in [6.07, 6.45) is 0.892. The Balaban J connectivity index is 1.47. The fourth-order valence-corrected chi connectivity index (χ4v) is 3.11. The standard InChI is InChI=1S/C24H22N2O5/c1-3-15-4-11-22-20(12-15)26-24(31-22)19-13-16(5-10-21(19)27)25-23(28)14-30-18-8-6-17(29-2)7-9-18/h4-13,27H,3,14H2,1-2H3,(H,25,28). The van der Waals surface area contributed by atoms with E-state index < -0.39 is 0 Å². The van der Waals surface area contributed by atoms with E-state index in [0.29, 0.717) is 28.3 Å². The van der Waals surface area contributed by atoms with Crippen LogP contribution in [-0.2, 0) is 11.2 Å². The number of aryl methyl sites for hydroxylation is 1. The number of aromatic hydroxyl groups is 1. The largest absolute Gasteiger partial charge is 0.507 e. The molecule has 7 nitrogen and oxygen atoms in total. The van der Waals surface area contributed by atoms with Crippen molar-refractivity contribution < 1.29 is 23.8 Å². The zero-order chi connectivity index (χ0) is 21.8. The minimum atomic E-state index is -0.336. The molecule has 0 aliphatic carbocycles. The number of carbonyl (C=O) groups excluding carboxylic acids is 1. The lowest BCUT2D eigenvalue weighted by molar-refractivity contribution is -0.118. The van der Waals surface area contributed by atoms with Crippen LogP contribution in [0.2, 0.25) is 0 Å². The van der Waals surface area contributed by atoms with Crippen LogP contribution in [-0.4, -0.2) is 29.7 Å². The van der Waals surface area contributed by atoms with E-state index in [1.807, 2.05) is 18.2 Å². The van der Waals surface area contributed by atoms with Gasteiger partial charge in [0, 0.05) is 5.69 Å². The number of methoxy groups -OCH3 is 1. The number of phenolic OH excluding ortho intramolecular Hbond substituents is 1. The summed E-state index contributed by atoms with van der Waals surface area (Å²) in [5, 5.41) is 13.1. The number of ether oxygens (including phenoxy) is 2. The van der Waals surface area contributed by atoms with Crippen molar-refractivity contribution in [3.05, 3.63) is 66.2 Å². The number of amides is 1. The van der Waals surface area contributed by atoms with Crippen molar-refractivity contribution in [3.8, 4) is 28.7 Å². The average molecular weight is 418 g/mol. The molecule has 1 heterocycles. The molecule has 4 rings (SSSR count). The van der Waals surface area contributed by atoms with Crippen LogP contribution in [0.5, 0.6) is 17.2 Å². The zero-order valence-corrected chi connectivity index (χ0v) is 17.2. The van der Waals surface area contributed by atoms with Gasteiger partial charge in [-0.1, -0.05) is 13.0 Å². The van der Waals surface area contributed by atoms with Gasteiger partial charge in [0.25, 0.3) is 5.91 Å². The van der Waals surface area contributed by atoms with E-state index in [1.54, 1.807) is 43.5 Å². The Morgan fingerprint density at radius 2 is 1.84 bits per heavy atom. The molecule has 0 saturated carbocycles. The third kappa shape index (κ3) is 4.61. The first kappa shape index (κ1) is 20.3. The van der Waals surface area contributed by atoms with Gasteiger partial charge in [0.1, 0.15) is 22.8 Å². The molecular weight excluding hydrogens is 396 g/mol. The van der Waals surface area contributed by atoms with E-state index in [0.717, 1.165) is 17.5 Å². The number of hydrogen-bond donors (Lipinski definition) is 2. The summed E-state index contributed by atoms with van der Waals surface area (Å²) in [5.41, 5.74) is 3.38. The number of phenols is 1. The second-order valence-electron chi connectivity index (χ2n) is 6.92. The predicted octanol–water partition coefficient (Wildman–Crippen LogP) is 4.79. The summed E-state index contributed by atoms with van der Waals surface area (Å²) in [4.78, 5) is 16.8. The highest BCUT2D eigenvalue weighted by atomic mass is 16.5. The summed E-state index contributed by atoms with van der Waals surface area (Å²) in [6, 6.07) is 17.5. The molecule has 0 bridgehead atoms. The van der Waals surface area contributed by atoms with Gasteiger partial charge in [-0.2, -0.15) is 0 Å². The molecule has 0 radical (unpaired) electrons. The maximum atomic E-state index is 12.3. The average Bonchev–Trinajstić information content (AvgIpc) is 3.22. The second kappa shape index (κ2) is 8.79.